The van der Waals surface area contributed by atoms with E-state index in [1.165, 1.54) is 7.11 Å². The molecule has 6 heteroatoms. The molecule has 0 saturated carbocycles. The van der Waals surface area contributed by atoms with E-state index in [1.54, 1.807) is 17.2 Å². The Morgan fingerprint density at radius 2 is 2.11 bits per heavy atom. The van der Waals surface area contributed by atoms with Crippen LogP contribution >= 0.6 is 0 Å². The number of rotatable bonds is 3. The Balaban J connectivity index is 1.95. The van der Waals surface area contributed by atoms with Crippen LogP contribution in [-0.4, -0.2) is 55.9 Å². The molecule has 0 atom stereocenters. The van der Waals surface area contributed by atoms with Crippen molar-refractivity contribution < 1.29 is 19.5 Å². The highest BCUT2D eigenvalue weighted by Crippen LogP contribution is 2.10. The van der Waals surface area contributed by atoms with Crippen molar-refractivity contribution in [2.24, 2.45) is 0 Å². The highest BCUT2D eigenvalue weighted by molar-refractivity contribution is 5.77. The first-order chi connectivity index (χ1) is 8.72. The SMILES string of the molecule is COCC(=O)N1CCN(c2cccc[n+]2O)CC1. The second-order valence-corrected chi connectivity index (χ2v) is 4.20. The van der Waals surface area contributed by atoms with E-state index < -0.39 is 0 Å². The smallest absolute Gasteiger partial charge is 0.316 e. The van der Waals surface area contributed by atoms with Gasteiger partial charge >= 0.3 is 5.82 Å². The van der Waals surface area contributed by atoms with Crippen LogP contribution in [0.4, 0.5) is 5.82 Å². The Labute approximate surface area is 106 Å². The van der Waals surface area contributed by atoms with E-state index in [4.69, 9.17) is 4.74 Å². The van der Waals surface area contributed by atoms with Gasteiger partial charge in [-0.25, -0.2) is 0 Å². The van der Waals surface area contributed by atoms with Crippen LogP contribution in [0.25, 0.3) is 0 Å². The standard InChI is InChI=1S/C12H18N3O3/c1-18-10-12(16)14-8-6-13(7-9-14)11-4-2-3-5-15(11)17/h2-5,17H,6-10H2,1H3/q+1. The Kier molecular flexibility index (Phi) is 3.99. The van der Waals surface area contributed by atoms with E-state index >= 15 is 0 Å². The summed E-state index contributed by atoms with van der Waals surface area (Å²) >= 11 is 0. The molecule has 1 saturated heterocycles. The molecule has 6 nitrogen and oxygen atoms in total. The summed E-state index contributed by atoms with van der Waals surface area (Å²) in [5.41, 5.74) is 0. The normalized spacial score (nSPS) is 15.8. The minimum Gasteiger partial charge on any atom is -0.375 e. The lowest BCUT2D eigenvalue weighted by molar-refractivity contribution is -0.894. The van der Waals surface area contributed by atoms with E-state index in [0.29, 0.717) is 26.2 Å². The van der Waals surface area contributed by atoms with E-state index in [2.05, 4.69) is 4.90 Å². The number of amides is 1. The van der Waals surface area contributed by atoms with Crippen molar-refractivity contribution in [1.82, 2.24) is 4.90 Å². The Morgan fingerprint density at radius 1 is 1.39 bits per heavy atom. The third-order valence-electron chi connectivity index (χ3n) is 3.04. The molecule has 98 valence electrons. The van der Waals surface area contributed by atoms with Crippen LogP contribution in [0.1, 0.15) is 0 Å². The third kappa shape index (κ3) is 2.70. The quantitative estimate of drug-likeness (QED) is 0.582. The summed E-state index contributed by atoms with van der Waals surface area (Å²) < 4.78 is 5.94. The molecule has 1 aliphatic rings. The van der Waals surface area contributed by atoms with Gasteiger partial charge in [0, 0.05) is 13.2 Å². The lowest BCUT2D eigenvalue weighted by Gasteiger charge is -2.30. The van der Waals surface area contributed by atoms with Gasteiger partial charge in [-0.15, -0.1) is 0 Å². The maximum atomic E-state index is 11.6. The molecule has 2 rings (SSSR count). The van der Waals surface area contributed by atoms with Gasteiger partial charge in [0.1, 0.15) is 25.9 Å². The van der Waals surface area contributed by atoms with Gasteiger partial charge in [-0.2, -0.15) is 0 Å². The van der Waals surface area contributed by atoms with Gasteiger partial charge in [-0.3, -0.25) is 9.69 Å². The van der Waals surface area contributed by atoms with Crippen LogP contribution in [0, 0.1) is 0 Å². The Bertz CT molecular complexity index is 417. The molecule has 0 spiro atoms. The summed E-state index contributed by atoms with van der Waals surface area (Å²) in [6.07, 6.45) is 1.60. The van der Waals surface area contributed by atoms with Crippen LogP contribution in [0.15, 0.2) is 24.4 Å². The van der Waals surface area contributed by atoms with Crippen molar-refractivity contribution in [1.29, 1.82) is 0 Å². The highest BCUT2D eigenvalue weighted by atomic mass is 16.5. The molecular formula is C12H18N3O3+. The largest absolute Gasteiger partial charge is 0.375 e. The van der Waals surface area contributed by atoms with Crippen molar-refractivity contribution in [2.45, 2.75) is 0 Å². The van der Waals surface area contributed by atoms with E-state index in [1.807, 2.05) is 12.1 Å². The number of piperazine rings is 1. The fraction of sp³-hybridized carbons (Fsp3) is 0.500. The number of carbonyl (C=O) groups excluding carboxylic acids is 1. The molecule has 0 aromatic carbocycles. The minimum absolute atomic E-state index is 0.0158. The van der Waals surface area contributed by atoms with Crippen molar-refractivity contribution in [3.05, 3.63) is 24.4 Å². The fourth-order valence-corrected chi connectivity index (χ4v) is 2.08. The number of ether oxygens (including phenoxy) is 1. The highest BCUT2D eigenvalue weighted by Gasteiger charge is 2.27. The van der Waals surface area contributed by atoms with Crippen LogP contribution in [-0.2, 0) is 9.53 Å². The average molecular weight is 252 g/mol. The van der Waals surface area contributed by atoms with Gasteiger partial charge in [0.15, 0.2) is 0 Å². The average Bonchev–Trinajstić information content (AvgIpc) is 2.40. The minimum atomic E-state index is 0.0158. The molecule has 1 aromatic rings. The molecule has 1 N–H and O–H groups in total. The molecule has 0 bridgehead atoms. The summed E-state index contributed by atoms with van der Waals surface area (Å²) in [5.74, 6) is 0.762. The van der Waals surface area contributed by atoms with Crippen LogP contribution < -0.4 is 9.63 Å². The maximum Gasteiger partial charge on any atom is 0.316 e. The number of hydrogen-bond acceptors (Lipinski definition) is 4. The molecule has 1 amide bonds. The number of nitrogens with zero attached hydrogens (tertiary/aromatic N) is 3. The molecule has 18 heavy (non-hydrogen) atoms. The summed E-state index contributed by atoms with van der Waals surface area (Å²) in [5, 5.41) is 9.70. The van der Waals surface area contributed by atoms with Gasteiger partial charge < -0.3 is 14.8 Å². The van der Waals surface area contributed by atoms with Crippen LogP contribution in [0.2, 0.25) is 0 Å². The lowest BCUT2D eigenvalue weighted by Crippen LogP contribution is -2.52. The number of methoxy groups -OCH3 is 1. The van der Waals surface area contributed by atoms with Gasteiger partial charge in [0.05, 0.1) is 13.1 Å². The first-order valence-electron chi connectivity index (χ1n) is 5.94. The van der Waals surface area contributed by atoms with Gasteiger partial charge in [-0.1, -0.05) is 10.8 Å². The lowest BCUT2D eigenvalue weighted by atomic mass is 10.3. The summed E-state index contributed by atoms with van der Waals surface area (Å²) in [6.45, 7) is 2.85. The van der Waals surface area contributed by atoms with Crippen molar-refractivity contribution in [3.63, 3.8) is 0 Å². The molecule has 0 radical (unpaired) electrons. The predicted molar refractivity (Wildman–Crippen MR) is 64.5 cm³/mol. The first kappa shape index (κ1) is 12.6. The number of carbonyl (C=O) groups is 1. The molecule has 0 unspecified atom stereocenters. The van der Waals surface area contributed by atoms with Crippen molar-refractivity contribution in [3.8, 4) is 0 Å². The second-order valence-electron chi connectivity index (χ2n) is 4.20. The molecule has 1 fully saturated rings. The van der Waals surface area contributed by atoms with Crippen molar-refractivity contribution in [2.75, 3.05) is 44.8 Å². The topological polar surface area (TPSA) is 56.9 Å². The Morgan fingerprint density at radius 3 is 2.72 bits per heavy atom. The number of anilines is 1. The van der Waals surface area contributed by atoms with E-state index in [-0.39, 0.29) is 12.5 Å². The maximum absolute atomic E-state index is 11.6. The van der Waals surface area contributed by atoms with Gasteiger partial charge in [0.25, 0.3) is 0 Å². The van der Waals surface area contributed by atoms with Crippen LogP contribution in [0.3, 0.4) is 0 Å². The second kappa shape index (κ2) is 5.68. The summed E-state index contributed by atoms with van der Waals surface area (Å²) in [4.78, 5) is 15.5. The number of pyridine rings is 1. The van der Waals surface area contributed by atoms with Gasteiger partial charge in [0.2, 0.25) is 5.91 Å². The predicted octanol–water partition coefficient (Wildman–Crippen LogP) is -0.494. The molecule has 2 heterocycles. The molecule has 1 aromatic heterocycles. The third-order valence-corrected chi connectivity index (χ3v) is 3.04. The monoisotopic (exact) mass is 252 g/mol. The number of hydrogen-bond donors (Lipinski definition) is 1. The zero-order chi connectivity index (χ0) is 13.0. The first-order valence-corrected chi connectivity index (χ1v) is 5.94. The summed E-state index contributed by atoms with van der Waals surface area (Å²) in [6, 6.07) is 5.50. The van der Waals surface area contributed by atoms with Gasteiger partial charge in [-0.05, 0) is 6.07 Å². The van der Waals surface area contributed by atoms with Crippen molar-refractivity contribution >= 4 is 11.7 Å². The zero-order valence-electron chi connectivity index (χ0n) is 10.5. The molecule has 1 aliphatic heterocycles. The molecular weight excluding hydrogens is 234 g/mol. The van der Waals surface area contributed by atoms with E-state index in [0.717, 1.165) is 10.5 Å². The Hall–Kier alpha value is -1.82. The zero-order valence-corrected chi connectivity index (χ0v) is 10.5. The fourth-order valence-electron chi connectivity index (χ4n) is 2.08. The molecule has 0 aliphatic carbocycles. The summed E-state index contributed by atoms with van der Waals surface area (Å²) in [7, 11) is 1.52. The van der Waals surface area contributed by atoms with Crippen LogP contribution in [0.5, 0.6) is 0 Å². The number of aromatic nitrogens is 1. The van der Waals surface area contributed by atoms with E-state index in [9.17, 15) is 10.0 Å².